The van der Waals surface area contributed by atoms with Crippen LogP contribution < -0.4 is 5.32 Å². The first-order chi connectivity index (χ1) is 8.86. The van der Waals surface area contributed by atoms with Gasteiger partial charge < -0.3 is 5.32 Å². The maximum absolute atomic E-state index is 12.6. The summed E-state index contributed by atoms with van der Waals surface area (Å²) in [6.07, 6.45) is -1.05. The fraction of sp³-hybridized carbons (Fsp3) is 0.308. The van der Waals surface area contributed by atoms with E-state index >= 15 is 0 Å². The number of allylic oxidation sites excluding steroid dienone is 2. The first-order valence-electron chi connectivity index (χ1n) is 5.73. The van der Waals surface area contributed by atoms with Crippen molar-refractivity contribution in [3.8, 4) is 0 Å². The molecule has 0 fully saturated rings. The Hall–Kier alpha value is -1.30. The van der Waals surface area contributed by atoms with Crippen molar-refractivity contribution in [1.29, 1.82) is 0 Å². The topological polar surface area (TPSA) is 29.1 Å². The minimum Gasteiger partial charge on any atom is -0.358 e. The third kappa shape index (κ3) is 3.59. The summed E-state index contributed by atoms with van der Waals surface area (Å²) < 4.78 is 38.4. The molecule has 1 aromatic carbocycles. The van der Waals surface area contributed by atoms with Gasteiger partial charge in [0.15, 0.2) is 5.78 Å². The standard InChI is InChI=1S/C13H11BrF3NO/c14-11-5-4-8(13(15,16)17)6-12(11)18-9-2-1-3-10(19)7-9/h4-7,18H,1-3H2. The van der Waals surface area contributed by atoms with Gasteiger partial charge >= 0.3 is 6.18 Å². The van der Waals surface area contributed by atoms with Crippen LogP contribution in [-0.4, -0.2) is 5.78 Å². The van der Waals surface area contributed by atoms with E-state index in [0.29, 0.717) is 35.1 Å². The largest absolute Gasteiger partial charge is 0.416 e. The van der Waals surface area contributed by atoms with Crippen LogP contribution in [0.15, 0.2) is 34.4 Å². The number of ketones is 1. The number of benzene rings is 1. The van der Waals surface area contributed by atoms with Crippen molar-refractivity contribution < 1.29 is 18.0 Å². The van der Waals surface area contributed by atoms with E-state index in [-0.39, 0.29) is 5.78 Å². The summed E-state index contributed by atoms with van der Waals surface area (Å²) in [5.74, 6) is -0.00292. The molecule has 0 aliphatic heterocycles. The second-order valence-corrected chi connectivity index (χ2v) is 5.16. The molecule has 0 atom stereocenters. The quantitative estimate of drug-likeness (QED) is 0.862. The molecule has 19 heavy (non-hydrogen) atoms. The van der Waals surface area contributed by atoms with Gasteiger partial charge in [-0.25, -0.2) is 0 Å². The maximum Gasteiger partial charge on any atom is 0.416 e. The van der Waals surface area contributed by atoms with E-state index in [1.54, 1.807) is 0 Å². The molecule has 0 saturated carbocycles. The molecule has 0 amide bonds. The van der Waals surface area contributed by atoms with Crippen molar-refractivity contribution in [2.45, 2.75) is 25.4 Å². The predicted octanol–water partition coefficient (Wildman–Crippen LogP) is 4.52. The number of halogens is 4. The SMILES string of the molecule is O=C1C=C(Nc2cc(C(F)(F)F)ccc2Br)CCC1. The van der Waals surface area contributed by atoms with Crippen molar-refractivity contribution in [1.82, 2.24) is 0 Å². The molecule has 0 aromatic heterocycles. The molecule has 102 valence electrons. The monoisotopic (exact) mass is 333 g/mol. The molecule has 1 N–H and O–H groups in total. The van der Waals surface area contributed by atoms with Crippen LogP contribution in [-0.2, 0) is 11.0 Å². The van der Waals surface area contributed by atoms with Crippen LogP contribution in [0.4, 0.5) is 18.9 Å². The minimum atomic E-state index is -4.38. The van der Waals surface area contributed by atoms with Crippen molar-refractivity contribution in [3.05, 3.63) is 40.0 Å². The number of rotatable bonds is 2. The Labute approximate surface area is 116 Å². The van der Waals surface area contributed by atoms with Gasteiger partial charge in [0.25, 0.3) is 0 Å². The highest BCUT2D eigenvalue weighted by Crippen LogP contribution is 2.34. The molecule has 2 nitrogen and oxygen atoms in total. The van der Waals surface area contributed by atoms with Crippen LogP contribution in [0.3, 0.4) is 0 Å². The molecule has 0 saturated heterocycles. The highest BCUT2D eigenvalue weighted by atomic mass is 79.9. The summed E-state index contributed by atoms with van der Waals surface area (Å²) in [4.78, 5) is 11.3. The Kier molecular flexibility index (Phi) is 3.99. The minimum absolute atomic E-state index is 0.00292. The van der Waals surface area contributed by atoms with Crippen molar-refractivity contribution >= 4 is 27.4 Å². The normalized spacial score (nSPS) is 16.2. The van der Waals surface area contributed by atoms with Crippen LogP contribution in [0, 0.1) is 0 Å². The fourth-order valence-corrected chi connectivity index (χ4v) is 2.21. The molecular weight excluding hydrogens is 323 g/mol. The van der Waals surface area contributed by atoms with E-state index in [0.717, 1.165) is 12.1 Å². The lowest BCUT2D eigenvalue weighted by Crippen LogP contribution is -2.11. The van der Waals surface area contributed by atoms with Crippen LogP contribution in [0.1, 0.15) is 24.8 Å². The van der Waals surface area contributed by atoms with Crippen LogP contribution in [0.5, 0.6) is 0 Å². The molecule has 1 aromatic rings. The Morgan fingerprint density at radius 3 is 2.58 bits per heavy atom. The Bertz CT molecular complexity index is 537. The van der Waals surface area contributed by atoms with Gasteiger partial charge in [0.05, 0.1) is 11.3 Å². The molecule has 0 spiro atoms. The van der Waals surface area contributed by atoms with E-state index in [2.05, 4.69) is 21.2 Å². The van der Waals surface area contributed by atoms with Crippen LogP contribution in [0.2, 0.25) is 0 Å². The molecule has 0 bridgehead atoms. The van der Waals surface area contributed by atoms with E-state index in [9.17, 15) is 18.0 Å². The second-order valence-electron chi connectivity index (χ2n) is 4.31. The molecule has 2 rings (SSSR count). The number of anilines is 1. The molecular formula is C13H11BrF3NO. The van der Waals surface area contributed by atoms with E-state index in [4.69, 9.17) is 0 Å². The number of alkyl halides is 3. The first-order valence-corrected chi connectivity index (χ1v) is 6.53. The third-order valence-corrected chi connectivity index (χ3v) is 3.48. The number of nitrogens with one attached hydrogen (secondary N) is 1. The van der Waals surface area contributed by atoms with Crippen molar-refractivity contribution in [3.63, 3.8) is 0 Å². The Morgan fingerprint density at radius 1 is 1.21 bits per heavy atom. The van der Waals surface area contributed by atoms with E-state index in [1.807, 2.05) is 0 Å². The first kappa shape index (κ1) is 14.1. The fourth-order valence-electron chi connectivity index (χ4n) is 1.86. The maximum atomic E-state index is 12.6. The second kappa shape index (κ2) is 5.36. The molecule has 0 unspecified atom stereocenters. The van der Waals surface area contributed by atoms with Gasteiger partial charge in [0.1, 0.15) is 0 Å². The summed E-state index contributed by atoms with van der Waals surface area (Å²) in [5, 5.41) is 2.89. The lowest BCUT2D eigenvalue weighted by atomic mass is 10.0. The average Bonchev–Trinajstić information content (AvgIpc) is 2.30. The highest BCUT2D eigenvalue weighted by molar-refractivity contribution is 9.10. The van der Waals surface area contributed by atoms with Crippen LogP contribution >= 0.6 is 15.9 Å². The average molecular weight is 334 g/mol. The summed E-state index contributed by atoms with van der Waals surface area (Å²) in [5.41, 5.74) is 0.244. The molecule has 0 radical (unpaired) electrons. The highest BCUT2D eigenvalue weighted by Gasteiger charge is 2.31. The zero-order valence-corrected chi connectivity index (χ0v) is 11.4. The van der Waals surface area contributed by atoms with Gasteiger partial charge in [0.2, 0.25) is 0 Å². The summed E-state index contributed by atoms with van der Waals surface area (Å²) in [7, 11) is 0. The molecule has 6 heteroatoms. The predicted molar refractivity (Wildman–Crippen MR) is 69.7 cm³/mol. The molecule has 0 heterocycles. The summed E-state index contributed by atoms with van der Waals surface area (Å²) in [6.45, 7) is 0. The number of carbonyl (C=O) groups is 1. The van der Waals surface area contributed by atoms with Gasteiger partial charge in [-0.1, -0.05) is 0 Å². The number of hydrogen-bond donors (Lipinski definition) is 1. The van der Waals surface area contributed by atoms with Crippen LogP contribution in [0.25, 0.3) is 0 Å². The van der Waals surface area contributed by atoms with Gasteiger partial charge in [-0.2, -0.15) is 13.2 Å². The van der Waals surface area contributed by atoms with Gasteiger partial charge in [-0.15, -0.1) is 0 Å². The number of hydrogen-bond acceptors (Lipinski definition) is 2. The lowest BCUT2D eigenvalue weighted by Gasteiger charge is -2.17. The lowest BCUT2D eigenvalue weighted by molar-refractivity contribution is -0.137. The van der Waals surface area contributed by atoms with Gasteiger partial charge in [-0.3, -0.25) is 4.79 Å². The Balaban J connectivity index is 2.27. The smallest absolute Gasteiger partial charge is 0.358 e. The molecule has 1 aliphatic carbocycles. The van der Waals surface area contributed by atoms with Gasteiger partial charge in [0, 0.05) is 22.7 Å². The summed E-state index contributed by atoms with van der Waals surface area (Å²) in [6, 6.07) is 3.38. The van der Waals surface area contributed by atoms with Crippen molar-refractivity contribution in [2.75, 3.05) is 5.32 Å². The van der Waals surface area contributed by atoms with E-state index in [1.165, 1.54) is 12.1 Å². The van der Waals surface area contributed by atoms with Crippen molar-refractivity contribution in [2.24, 2.45) is 0 Å². The number of carbonyl (C=O) groups excluding carboxylic acids is 1. The molecule has 1 aliphatic rings. The van der Waals surface area contributed by atoms with Gasteiger partial charge in [-0.05, 0) is 47.0 Å². The summed E-state index contributed by atoms with van der Waals surface area (Å²) >= 11 is 3.20. The third-order valence-electron chi connectivity index (χ3n) is 2.79. The van der Waals surface area contributed by atoms with E-state index < -0.39 is 11.7 Å². The zero-order chi connectivity index (χ0) is 14.0. The Morgan fingerprint density at radius 2 is 1.95 bits per heavy atom. The zero-order valence-electron chi connectivity index (χ0n) is 9.85.